The minimum atomic E-state index is -0.320. The average molecular weight is 278 g/mol. The van der Waals surface area contributed by atoms with E-state index in [2.05, 4.69) is 18.6 Å². The lowest BCUT2D eigenvalue weighted by Gasteiger charge is -2.18. The van der Waals surface area contributed by atoms with E-state index in [0.29, 0.717) is 0 Å². The van der Waals surface area contributed by atoms with E-state index in [1.165, 1.54) is 28.2 Å². The molecule has 0 fully saturated rings. The van der Waals surface area contributed by atoms with Crippen LogP contribution in [-0.2, 0) is 0 Å². The Morgan fingerprint density at radius 3 is 2.41 bits per heavy atom. The van der Waals surface area contributed by atoms with Gasteiger partial charge in [0.05, 0.1) is 0 Å². The van der Waals surface area contributed by atoms with E-state index in [-0.39, 0.29) is 12.0 Å². The predicted octanol–water partition coefficient (Wildman–Crippen LogP) is 2.79. The van der Waals surface area contributed by atoms with Gasteiger partial charge >= 0.3 is 6.03 Å². The molecule has 5 nitrogen and oxygen atoms in total. The number of hydrogen-bond donors (Lipinski definition) is 3. The van der Waals surface area contributed by atoms with Crippen molar-refractivity contribution in [1.82, 2.24) is 9.03 Å². The number of carbonyl (C=O) groups excluding carboxylic acids is 1. The Labute approximate surface area is 112 Å². The van der Waals surface area contributed by atoms with E-state index >= 15 is 0 Å². The first kappa shape index (κ1) is 16.4. The van der Waals surface area contributed by atoms with E-state index in [1.54, 1.807) is 0 Å². The summed E-state index contributed by atoms with van der Waals surface area (Å²) in [4.78, 5) is 11.7. The van der Waals surface area contributed by atoms with Crippen molar-refractivity contribution in [3.8, 4) is 0 Å². The zero-order valence-electron chi connectivity index (χ0n) is 10.5. The summed E-state index contributed by atoms with van der Waals surface area (Å²) >= 11 is 2.65. The van der Waals surface area contributed by atoms with Gasteiger partial charge in [-0.15, -0.1) is 0 Å². The fourth-order valence-electron chi connectivity index (χ4n) is 0.908. The van der Waals surface area contributed by atoms with Gasteiger partial charge in [-0.25, -0.2) is 9.10 Å². The maximum atomic E-state index is 11.7. The van der Waals surface area contributed by atoms with Gasteiger partial charge in [0, 0.05) is 11.5 Å². The number of nitrogens with zero attached hydrogens (tertiary/aromatic N) is 1. The molecule has 0 aliphatic heterocycles. The Morgan fingerprint density at radius 2 is 1.88 bits per heavy atom. The molecule has 4 N–H and O–H groups in total. The molecule has 0 radical (unpaired) electrons. The summed E-state index contributed by atoms with van der Waals surface area (Å²) in [6.07, 6.45) is 4.23. The first-order valence-electron chi connectivity index (χ1n) is 5.82. The average Bonchev–Trinajstić information content (AvgIpc) is 2.29. The first-order valence-corrected chi connectivity index (χ1v) is 7.75. The van der Waals surface area contributed by atoms with Crippen LogP contribution < -0.4 is 10.5 Å². The Hall–Kier alpha value is -0.560. The molecular weight excluding hydrogens is 256 g/mol. The van der Waals surface area contributed by atoms with E-state index in [9.17, 15) is 4.79 Å². The highest BCUT2D eigenvalue weighted by atomic mass is 32.2. The van der Waals surface area contributed by atoms with Gasteiger partial charge in [-0.05, 0) is 36.7 Å². The monoisotopic (exact) mass is 278 g/mol. The molecule has 100 valence electrons. The summed E-state index contributed by atoms with van der Waals surface area (Å²) in [5, 5.41) is 7.35. The minimum Gasteiger partial charge on any atom is -0.369 e. The standard InChI is InChI=1S/C10H22N4OS2/c1-3-5-7-16-13-10(15)14(9(11)12)17-8-6-4-2/h3-8H2,1-2H3,(H3,11,12)(H,13,15). The van der Waals surface area contributed by atoms with Crippen LogP contribution in [0.1, 0.15) is 39.5 Å². The zero-order valence-corrected chi connectivity index (χ0v) is 12.1. The van der Waals surface area contributed by atoms with Crippen molar-refractivity contribution in [2.75, 3.05) is 11.5 Å². The molecule has 0 heterocycles. The van der Waals surface area contributed by atoms with Crippen molar-refractivity contribution < 1.29 is 4.79 Å². The van der Waals surface area contributed by atoms with Crippen LogP contribution in [-0.4, -0.2) is 27.8 Å². The molecule has 0 bridgehead atoms. The van der Waals surface area contributed by atoms with Gasteiger partial charge in [0.1, 0.15) is 0 Å². The third-order valence-corrected chi connectivity index (χ3v) is 3.78. The molecule has 0 rings (SSSR count). The Kier molecular flexibility index (Phi) is 10.2. The van der Waals surface area contributed by atoms with Gasteiger partial charge in [0.15, 0.2) is 0 Å². The van der Waals surface area contributed by atoms with Crippen LogP contribution in [0.4, 0.5) is 4.79 Å². The quantitative estimate of drug-likeness (QED) is 0.276. The van der Waals surface area contributed by atoms with Crippen LogP contribution in [0.2, 0.25) is 0 Å². The van der Waals surface area contributed by atoms with Gasteiger partial charge in [-0.2, -0.15) is 0 Å². The molecule has 7 heteroatoms. The number of rotatable bonds is 8. The van der Waals surface area contributed by atoms with E-state index in [4.69, 9.17) is 11.1 Å². The fraction of sp³-hybridized carbons (Fsp3) is 0.800. The number of carbonyl (C=O) groups is 1. The highest BCUT2D eigenvalue weighted by Crippen LogP contribution is 2.13. The maximum Gasteiger partial charge on any atom is 0.344 e. The Morgan fingerprint density at radius 1 is 1.29 bits per heavy atom. The third kappa shape index (κ3) is 8.20. The van der Waals surface area contributed by atoms with Crippen molar-refractivity contribution >= 4 is 35.9 Å². The second kappa shape index (κ2) is 10.6. The van der Waals surface area contributed by atoms with E-state index in [1.807, 2.05) is 0 Å². The lowest BCUT2D eigenvalue weighted by Crippen LogP contribution is -2.40. The number of nitrogens with one attached hydrogen (secondary N) is 2. The van der Waals surface area contributed by atoms with Gasteiger partial charge in [0.25, 0.3) is 0 Å². The van der Waals surface area contributed by atoms with E-state index < -0.39 is 0 Å². The topological polar surface area (TPSA) is 82.2 Å². The molecule has 0 atom stereocenters. The van der Waals surface area contributed by atoms with Crippen LogP contribution in [0.15, 0.2) is 0 Å². The number of urea groups is 1. The van der Waals surface area contributed by atoms with Crippen LogP contribution in [0.3, 0.4) is 0 Å². The molecule has 0 aromatic heterocycles. The summed E-state index contributed by atoms with van der Waals surface area (Å²) < 4.78 is 3.89. The van der Waals surface area contributed by atoms with Crippen molar-refractivity contribution in [2.45, 2.75) is 39.5 Å². The van der Waals surface area contributed by atoms with Gasteiger partial charge in [0.2, 0.25) is 5.96 Å². The molecule has 0 aromatic rings. The van der Waals surface area contributed by atoms with Crippen molar-refractivity contribution in [3.63, 3.8) is 0 Å². The smallest absolute Gasteiger partial charge is 0.344 e. The number of amides is 2. The lowest BCUT2D eigenvalue weighted by atomic mass is 10.4. The first-order chi connectivity index (χ1) is 8.13. The predicted molar refractivity (Wildman–Crippen MR) is 77.0 cm³/mol. The van der Waals surface area contributed by atoms with Crippen LogP contribution in [0, 0.1) is 5.41 Å². The molecule has 0 aliphatic carbocycles. The highest BCUT2D eigenvalue weighted by Gasteiger charge is 2.16. The molecular formula is C10H22N4OS2. The number of guanidine groups is 1. The highest BCUT2D eigenvalue weighted by molar-refractivity contribution is 7.99. The van der Waals surface area contributed by atoms with Crippen LogP contribution >= 0.6 is 23.9 Å². The Balaban J connectivity index is 3.93. The summed E-state index contributed by atoms with van der Waals surface area (Å²) in [5.41, 5.74) is 5.37. The lowest BCUT2D eigenvalue weighted by molar-refractivity contribution is 0.241. The molecule has 17 heavy (non-hydrogen) atoms. The Bertz CT molecular complexity index is 238. The van der Waals surface area contributed by atoms with E-state index in [0.717, 1.165) is 37.2 Å². The fourth-order valence-corrected chi connectivity index (χ4v) is 2.62. The maximum absolute atomic E-state index is 11.7. The molecule has 0 saturated heterocycles. The largest absolute Gasteiger partial charge is 0.369 e. The second-order valence-corrected chi connectivity index (χ2v) is 5.41. The molecule has 0 aromatic carbocycles. The zero-order chi connectivity index (χ0) is 13.1. The number of unbranched alkanes of at least 4 members (excludes halogenated alkanes) is 2. The van der Waals surface area contributed by atoms with Gasteiger partial charge < -0.3 is 5.73 Å². The second-order valence-electron chi connectivity index (χ2n) is 3.48. The molecule has 2 amide bonds. The minimum absolute atomic E-state index is 0.223. The van der Waals surface area contributed by atoms with Crippen LogP contribution in [0.5, 0.6) is 0 Å². The SMILES string of the molecule is CCCCSNC(=O)N(SCCCC)C(=N)N. The molecule has 0 spiro atoms. The summed E-state index contributed by atoms with van der Waals surface area (Å²) in [6, 6.07) is -0.320. The normalized spacial score (nSPS) is 10.0. The van der Waals surface area contributed by atoms with Crippen LogP contribution in [0.25, 0.3) is 0 Å². The molecule has 0 unspecified atom stereocenters. The summed E-state index contributed by atoms with van der Waals surface area (Å²) in [7, 11) is 0. The number of hydrogen-bond acceptors (Lipinski definition) is 4. The third-order valence-electron chi connectivity index (χ3n) is 1.88. The van der Waals surface area contributed by atoms with Crippen molar-refractivity contribution in [2.24, 2.45) is 5.73 Å². The summed E-state index contributed by atoms with van der Waals surface area (Å²) in [5.74, 6) is 1.45. The van der Waals surface area contributed by atoms with Gasteiger partial charge in [-0.1, -0.05) is 26.7 Å². The van der Waals surface area contributed by atoms with Gasteiger partial charge in [-0.3, -0.25) is 10.1 Å². The summed E-state index contributed by atoms with van der Waals surface area (Å²) in [6.45, 7) is 4.18. The van der Waals surface area contributed by atoms with Crippen molar-refractivity contribution in [3.05, 3.63) is 0 Å². The number of nitrogens with two attached hydrogens (primary N) is 1. The van der Waals surface area contributed by atoms with Crippen molar-refractivity contribution in [1.29, 1.82) is 5.41 Å². The molecule has 0 saturated carbocycles. The molecule has 0 aliphatic rings.